The molecule has 1 aliphatic heterocycles. The standard InChI is InChI=1S/C20H20FN5O/c1-15-19(14-23-26(15)18-4-2-16(21)3-5-18)20(27)25-12-10-24(11-13-25)17-6-8-22-9-7-17/h2-9,14H,10-13H2,1H3. The van der Waals surface area contributed by atoms with Crippen molar-refractivity contribution in [3.05, 3.63) is 72.1 Å². The number of pyridine rings is 1. The van der Waals surface area contributed by atoms with Gasteiger partial charge in [-0.3, -0.25) is 9.78 Å². The average Bonchev–Trinajstić information content (AvgIpc) is 3.10. The third-order valence-corrected chi connectivity index (χ3v) is 4.91. The number of anilines is 1. The zero-order chi connectivity index (χ0) is 18.8. The van der Waals surface area contributed by atoms with Crippen LogP contribution in [0.5, 0.6) is 0 Å². The highest BCUT2D eigenvalue weighted by Gasteiger charge is 2.25. The van der Waals surface area contributed by atoms with Gasteiger partial charge in [-0.1, -0.05) is 0 Å². The molecular weight excluding hydrogens is 345 g/mol. The van der Waals surface area contributed by atoms with Gasteiger partial charge in [-0.2, -0.15) is 5.10 Å². The molecule has 1 aliphatic rings. The van der Waals surface area contributed by atoms with Gasteiger partial charge in [0.2, 0.25) is 0 Å². The molecule has 1 saturated heterocycles. The van der Waals surface area contributed by atoms with E-state index in [1.165, 1.54) is 12.1 Å². The lowest BCUT2D eigenvalue weighted by atomic mass is 10.2. The first kappa shape index (κ1) is 17.2. The van der Waals surface area contributed by atoms with E-state index in [0.717, 1.165) is 30.2 Å². The Balaban J connectivity index is 1.47. The van der Waals surface area contributed by atoms with Crippen LogP contribution < -0.4 is 4.90 Å². The summed E-state index contributed by atoms with van der Waals surface area (Å²) in [6.45, 7) is 4.73. The van der Waals surface area contributed by atoms with Crippen LogP contribution in [0, 0.1) is 12.7 Å². The topological polar surface area (TPSA) is 54.3 Å². The van der Waals surface area contributed by atoms with Gasteiger partial charge in [0.15, 0.2) is 0 Å². The molecule has 0 spiro atoms. The number of carbonyl (C=O) groups excluding carboxylic acids is 1. The van der Waals surface area contributed by atoms with Crippen LogP contribution in [0.25, 0.3) is 5.69 Å². The largest absolute Gasteiger partial charge is 0.368 e. The molecule has 0 N–H and O–H groups in total. The summed E-state index contributed by atoms with van der Waals surface area (Å²) < 4.78 is 14.8. The van der Waals surface area contributed by atoms with Crippen molar-refractivity contribution in [1.82, 2.24) is 19.7 Å². The van der Waals surface area contributed by atoms with Crippen LogP contribution in [-0.4, -0.2) is 51.8 Å². The fraction of sp³-hybridized carbons (Fsp3) is 0.250. The Morgan fingerprint density at radius 2 is 1.63 bits per heavy atom. The maximum atomic E-state index is 13.1. The van der Waals surface area contributed by atoms with Gasteiger partial charge < -0.3 is 9.80 Å². The minimum atomic E-state index is -0.299. The summed E-state index contributed by atoms with van der Waals surface area (Å²) in [5.41, 5.74) is 3.19. The molecule has 0 bridgehead atoms. The van der Waals surface area contributed by atoms with E-state index in [0.29, 0.717) is 18.7 Å². The van der Waals surface area contributed by atoms with Gasteiger partial charge in [-0.25, -0.2) is 9.07 Å². The second-order valence-electron chi connectivity index (χ2n) is 6.52. The molecule has 138 valence electrons. The summed E-state index contributed by atoms with van der Waals surface area (Å²) >= 11 is 0. The lowest BCUT2D eigenvalue weighted by Crippen LogP contribution is -2.48. The molecule has 3 aromatic rings. The molecule has 4 rings (SSSR count). The van der Waals surface area contributed by atoms with Gasteiger partial charge >= 0.3 is 0 Å². The number of amides is 1. The molecule has 0 aliphatic carbocycles. The van der Waals surface area contributed by atoms with Crippen molar-refractivity contribution in [1.29, 1.82) is 0 Å². The van der Waals surface area contributed by atoms with E-state index in [9.17, 15) is 9.18 Å². The monoisotopic (exact) mass is 365 g/mol. The SMILES string of the molecule is Cc1c(C(=O)N2CCN(c3ccncc3)CC2)cnn1-c1ccc(F)cc1. The van der Waals surface area contributed by atoms with Crippen LogP contribution in [0.15, 0.2) is 55.0 Å². The molecule has 0 unspecified atom stereocenters. The van der Waals surface area contributed by atoms with E-state index in [4.69, 9.17) is 0 Å². The Kier molecular flexibility index (Phi) is 4.58. The minimum absolute atomic E-state index is 0.0183. The van der Waals surface area contributed by atoms with Gasteiger partial charge in [0.05, 0.1) is 23.1 Å². The number of piperazine rings is 1. The van der Waals surface area contributed by atoms with E-state index in [2.05, 4.69) is 15.0 Å². The maximum Gasteiger partial charge on any atom is 0.257 e. The fourth-order valence-corrected chi connectivity index (χ4v) is 3.36. The van der Waals surface area contributed by atoms with Crippen molar-refractivity contribution in [2.45, 2.75) is 6.92 Å². The van der Waals surface area contributed by atoms with Crippen molar-refractivity contribution >= 4 is 11.6 Å². The molecule has 27 heavy (non-hydrogen) atoms. The molecule has 3 heterocycles. The predicted molar refractivity (Wildman–Crippen MR) is 101 cm³/mol. The summed E-state index contributed by atoms with van der Waals surface area (Å²) in [4.78, 5) is 21.1. The van der Waals surface area contributed by atoms with E-state index < -0.39 is 0 Å². The number of halogens is 1. The second kappa shape index (κ2) is 7.19. The Labute approximate surface area is 156 Å². The molecule has 0 saturated carbocycles. The third kappa shape index (κ3) is 3.40. The number of hydrogen-bond donors (Lipinski definition) is 0. The van der Waals surface area contributed by atoms with Gasteiger partial charge in [-0.15, -0.1) is 0 Å². The minimum Gasteiger partial charge on any atom is -0.368 e. The summed E-state index contributed by atoms with van der Waals surface area (Å²) in [6.07, 6.45) is 5.15. The lowest BCUT2D eigenvalue weighted by Gasteiger charge is -2.36. The van der Waals surface area contributed by atoms with Crippen molar-refractivity contribution in [3.8, 4) is 5.69 Å². The van der Waals surface area contributed by atoms with Crippen molar-refractivity contribution in [2.75, 3.05) is 31.1 Å². The van der Waals surface area contributed by atoms with Crippen LogP contribution in [0.4, 0.5) is 10.1 Å². The Hall–Kier alpha value is -3.22. The zero-order valence-electron chi connectivity index (χ0n) is 15.0. The highest BCUT2D eigenvalue weighted by Crippen LogP contribution is 2.19. The van der Waals surface area contributed by atoms with E-state index in [-0.39, 0.29) is 11.7 Å². The normalized spacial score (nSPS) is 14.4. The lowest BCUT2D eigenvalue weighted by molar-refractivity contribution is 0.0746. The predicted octanol–water partition coefficient (Wildman–Crippen LogP) is 2.68. The van der Waals surface area contributed by atoms with Crippen LogP contribution >= 0.6 is 0 Å². The zero-order valence-corrected chi connectivity index (χ0v) is 15.0. The molecule has 0 atom stereocenters. The van der Waals surface area contributed by atoms with Gasteiger partial charge in [-0.05, 0) is 43.3 Å². The number of rotatable bonds is 3. The smallest absolute Gasteiger partial charge is 0.257 e. The number of carbonyl (C=O) groups is 1. The first-order valence-corrected chi connectivity index (χ1v) is 8.88. The average molecular weight is 365 g/mol. The van der Waals surface area contributed by atoms with Crippen molar-refractivity contribution in [3.63, 3.8) is 0 Å². The van der Waals surface area contributed by atoms with E-state index >= 15 is 0 Å². The summed E-state index contributed by atoms with van der Waals surface area (Å²) in [5.74, 6) is -0.317. The van der Waals surface area contributed by atoms with Crippen LogP contribution in [0.1, 0.15) is 16.1 Å². The van der Waals surface area contributed by atoms with Gasteiger partial charge in [0.25, 0.3) is 5.91 Å². The molecule has 1 fully saturated rings. The summed E-state index contributed by atoms with van der Waals surface area (Å²) in [6, 6.07) is 10.0. The van der Waals surface area contributed by atoms with Crippen LogP contribution in [0.3, 0.4) is 0 Å². The molecular formula is C20H20FN5O. The highest BCUT2D eigenvalue weighted by molar-refractivity contribution is 5.95. The van der Waals surface area contributed by atoms with E-state index in [1.807, 2.05) is 24.0 Å². The summed E-state index contributed by atoms with van der Waals surface area (Å²) in [7, 11) is 0. The molecule has 1 aromatic carbocycles. The first-order valence-electron chi connectivity index (χ1n) is 8.88. The van der Waals surface area contributed by atoms with Gasteiger partial charge in [0.1, 0.15) is 5.82 Å². The summed E-state index contributed by atoms with van der Waals surface area (Å²) in [5, 5.41) is 4.32. The molecule has 7 heteroatoms. The molecule has 6 nitrogen and oxygen atoms in total. The Morgan fingerprint density at radius 3 is 2.30 bits per heavy atom. The second-order valence-corrected chi connectivity index (χ2v) is 6.52. The van der Waals surface area contributed by atoms with Crippen LogP contribution in [0.2, 0.25) is 0 Å². The fourth-order valence-electron chi connectivity index (χ4n) is 3.36. The third-order valence-electron chi connectivity index (χ3n) is 4.91. The first-order chi connectivity index (χ1) is 13.1. The van der Waals surface area contributed by atoms with E-state index in [1.54, 1.807) is 35.4 Å². The van der Waals surface area contributed by atoms with Crippen molar-refractivity contribution < 1.29 is 9.18 Å². The maximum absolute atomic E-state index is 13.1. The van der Waals surface area contributed by atoms with Gasteiger partial charge in [0, 0.05) is 44.3 Å². The van der Waals surface area contributed by atoms with Crippen molar-refractivity contribution in [2.24, 2.45) is 0 Å². The Bertz CT molecular complexity index is 931. The van der Waals surface area contributed by atoms with Crippen LogP contribution in [-0.2, 0) is 0 Å². The number of hydrogen-bond acceptors (Lipinski definition) is 4. The number of aromatic nitrogens is 3. The molecule has 1 amide bonds. The Morgan fingerprint density at radius 1 is 0.963 bits per heavy atom. The number of benzene rings is 1. The molecule has 0 radical (unpaired) electrons. The quantitative estimate of drug-likeness (QED) is 0.716. The highest BCUT2D eigenvalue weighted by atomic mass is 19.1. The number of nitrogens with zero attached hydrogens (tertiary/aromatic N) is 5. The molecule has 2 aromatic heterocycles.